The molecule has 2 atom stereocenters. The van der Waals surface area contributed by atoms with Crippen LogP contribution in [-0.2, 0) is 14.3 Å². The molecule has 0 aromatic rings. The highest BCUT2D eigenvalue weighted by Gasteiger charge is 2.29. The van der Waals surface area contributed by atoms with E-state index in [2.05, 4.69) is 39.0 Å². The quantitative estimate of drug-likeness (QED) is 0.0772. The maximum absolute atomic E-state index is 12.3. The summed E-state index contributed by atoms with van der Waals surface area (Å²) in [6.07, 6.45) is 21.4. The van der Waals surface area contributed by atoms with Crippen molar-refractivity contribution < 1.29 is 14.3 Å². The Morgan fingerprint density at radius 1 is 1.16 bits per heavy atom. The number of carbonyl (C=O) groups excluding carboxylic acids is 2. The van der Waals surface area contributed by atoms with Crippen molar-refractivity contribution in [2.45, 2.75) is 84.0 Å². The summed E-state index contributed by atoms with van der Waals surface area (Å²) in [5.74, 6) is 1.20. The van der Waals surface area contributed by atoms with Gasteiger partial charge in [0, 0.05) is 17.4 Å². The van der Waals surface area contributed by atoms with Crippen molar-refractivity contribution >= 4 is 33.8 Å². The fourth-order valence-corrected chi connectivity index (χ4v) is 6.78. The Kier molecular flexibility index (Phi) is 11.7. The summed E-state index contributed by atoms with van der Waals surface area (Å²) in [6.45, 7) is 8.44. The zero-order chi connectivity index (χ0) is 23.4. The molecule has 0 aromatic carbocycles. The van der Waals surface area contributed by atoms with Crippen LogP contribution in [0.3, 0.4) is 0 Å². The smallest absolute Gasteiger partial charge is 0.306 e. The summed E-state index contributed by atoms with van der Waals surface area (Å²) in [4.78, 5) is 22.8. The molecule has 0 aromatic heterocycles. The van der Waals surface area contributed by atoms with Gasteiger partial charge in [-0.15, -0.1) is 0 Å². The van der Waals surface area contributed by atoms with Crippen molar-refractivity contribution in [3.05, 3.63) is 59.3 Å². The largest absolute Gasteiger partial charge is 0.458 e. The van der Waals surface area contributed by atoms with Crippen LogP contribution in [0.1, 0.15) is 72.6 Å². The van der Waals surface area contributed by atoms with Crippen molar-refractivity contribution in [1.29, 1.82) is 0 Å². The highest BCUT2D eigenvalue weighted by Crippen LogP contribution is 2.40. The average molecular weight is 475 g/mol. The average Bonchev–Trinajstić information content (AvgIpc) is 3.25. The number of hydrogen-bond acceptors (Lipinski definition) is 5. The molecule has 176 valence electrons. The van der Waals surface area contributed by atoms with Gasteiger partial charge < -0.3 is 4.74 Å². The van der Waals surface area contributed by atoms with E-state index in [-0.39, 0.29) is 17.5 Å². The van der Waals surface area contributed by atoms with Crippen LogP contribution in [0, 0.1) is 5.41 Å². The lowest BCUT2D eigenvalue weighted by molar-refractivity contribution is -0.147. The third-order valence-electron chi connectivity index (χ3n) is 5.94. The van der Waals surface area contributed by atoms with Crippen LogP contribution in [0.2, 0.25) is 0 Å². The highest BCUT2D eigenvalue weighted by molar-refractivity contribution is 8.77. The Morgan fingerprint density at radius 2 is 1.94 bits per heavy atom. The third kappa shape index (κ3) is 9.99. The van der Waals surface area contributed by atoms with Crippen LogP contribution in [0.5, 0.6) is 0 Å². The molecule has 3 nitrogen and oxygen atoms in total. The summed E-state index contributed by atoms with van der Waals surface area (Å²) in [5.41, 5.74) is 3.32. The second-order valence-corrected chi connectivity index (χ2v) is 12.1. The number of rotatable bonds is 11. The summed E-state index contributed by atoms with van der Waals surface area (Å²) in [6, 6.07) is 0. The van der Waals surface area contributed by atoms with Gasteiger partial charge in [0.15, 0.2) is 0 Å². The molecule has 0 bridgehead atoms. The molecule has 1 aliphatic heterocycles. The molecule has 5 heteroatoms. The minimum absolute atomic E-state index is 0.0653. The number of unbranched alkanes of at least 4 members (excludes halogenated alkanes) is 1. The first kappa shape index (κ1) is 26.8. The highest BCUT2D eigenvalue weighted by atomic mass is 33.1. The first-order valence-corrected chi connectivity index (χ1v) is 14.0. The van der Waals surface area contributed by atoms with Crippen molar-refractivity contribution in [3.8, 4) is 0 Å². The number of allylic oxidation sites excluding steroid dienone is 9. The molecule has 0 N–H and O–H groups in total. The number of hydrogen-bond donors (Lipinski definition) is 0. The first-order chi connectivity index (χ1) is 15.3. The van der Waals surface area contributed by atoms with Crippen LogP contribution in [0.15, 0.2) is 59.3 Å². The van der Waals surface area contributed by atoms with Crippen LogP contribution in [0.25, 0.3) is 0 Å². The van der Waals surface area contributed by atoms with Crippen LogP contribution >= 0.6 is 21.6 Å². The molecule has 2 aliphatic rings. The van der Waals surface area contributed by atoms with E-state index < -0.39 is 0 Å². The van der Waals surface area contributed by atoms with E-state index in [4.69, 9.17) is 4.74 Å². The van der Waals surface area contributed by atoms with E-state index >= 15 is 0 Å². The van der Waals surface area contributed by atoms with Gasteiger partial charge in [-0.05, 0) is 74.7 Å². The molecule has 1 fully saturated rings. The summed E-state index contributed by atoms with van der Waals surface area (Å²) in [5, 5.41) is 0.777. The lowest BCUT2D eigenvalue weighted by Gasteiger charge is -2.33. The second kappa shape index (κ2) is 13.9. The number of carbonyl (C=O) groups is 2. The van der Waals surface area contributed by atoms with Gasteiger partial charge in [0.05, 0.1) is 0 Å². The molecule has 1 saturated heterocycles. The van der Waals surface area contributed by atoms with E-state index in [0.29, 0.717) is 6.42 Å². The molecule has 1 heterocycles. The molecule has 2 rings (SSSR count). The molecule has 32 heavy (non-hydrogen) atoms. The second-order valence-electron chi connectivity index (χ2n) is 9.30. The fourth-order valence-electron chi connectivity index (χ4n) is 3.76. The van der Waals surface area contributed by atoms with Crippen molar-refractivity contribution in [1.82, 2.24) is 0 Å². The first-order valence-electron chi connectivity index (χ1n) is 11.7. The standard InChI is InChI=1S/C27H38O3S2/c1-21(8-7-9-22(2)15-18-28)12-13-23-20-24(14-17-27(23,3)4)30-26(29)11-6-5-10-25-16-19-31-32-25/h7-9,12-13,15,18,20,24-25H,5-6,10-11,14,16-17,19H2,1-4H3. The van der Waals surface area contributed by atoms with E-state index in [0.717, 1.165) is 48.4 Å². The summed E-state index contributed by atoms with van der Waals surface area (Å²) in [7, 11) is 3.98. The Bertz CT molecular complexity index is 781. The predicted octanol–water partition coefficient (Wildman–Crippen LogP) is 7.56. The SMILES string of the molecule is CC(C=CC=C(C)C=CC1=CC(OC(=O)CCCCC2CCSS2)CCC1(C)C)=CC=O. The van der Waals surface area contributed by atoms with Gasteiger partial charge in [-0.25, -0.2) is 0 Å². The number of aldehydes is 1. The summed E-state index contributed by atoms with van der Waals surface area (Å²) < 4.78 is 5.79. The Labute approximate surface area is 202 Å². The van der Waals surface area contributed by atoms with Crippen LogP contribution in [0.4, 0.5) is 0 Å². The fraction of sp³-hybridized carbons (Fsp3) is 0.556. The normalized spacial score (nSPS) is 24.2. The van der Waals surface area contributed by atoms with Gasteiger partial charge in [0.1, 0.15) is 12.4 Å². The minimum atomic E-state index is -0.128. The monoisotopic (exact) mass is 474 g/mol. The van der Waals surface area contributed by atoms with Crippen molar-refractivity contribution in [2.75, 3.05) is 5.75 Å². The maximum Gasteiger partial charge on any atom is 0.306 e. The molecular weight excluding hydrogens is 436 g/mol. The Balaban J connectivity index is 1.86. The molecular formula is C27H38O3S2. The minimum Gasteiger partial charge on any atom is -0.458 e. The number of ether oxygens (including phenoxy) is 1. The Hall–Kier alpha value is -1.46. The summed E-state index contributed by atoms with van der Waals surface area (Å²) >= 11 is 0. The van der Waals surface area contributed by atoms with Crippen LogP contribution in [-0.4, -0.2) is 29.4 Å². The zero-order valence-corrected chi connectivity index (χ0v) is 21.6. The van der Waals surface area contributed by atoms with Crippen molar-refractivity contribution in [3.63, 3.8) is 0 Å². The van der Waals surface area contributed by atoms with Crippen LogP contribution < -0.4 is 0 Å². The van der Waals surface area contributed by atoms with E-state index in [1.165, 1.54) is 24.2 Å². The van der Waals surface area contributed by atoms with Crippen molar-refractivity contribution in [2.24, 2.45) is 5.41 Å². The van der Waals surface area contributed by atoms with Gasteiger partial charge in [0.2, 0.25) is 0 Å². The van der Waals surface area contributed by atoms with Gasteiger partial charge in [0.25, 0.3) is 0 Å². The Morgan fingerprint density at radius 3 is 2.66 bits per heavy atom. The third-order valence-corrected chi connectivity index (χ3v) is 8.95. The molecule has 0 saturated carbocycles. The predicted molar refractivity (Wildman–Crippen MR) is 140 cm³/mol. The van der Waals surface area contributed by atoms with Gasteiger partial charge >= 0.3 is 5.97 Å². The molecule has 0 radical (unpaired) electrons. The lowest BCUT2D eigenvalue weighted by atomic mass is 9.74. The molecule has 0 spiro atoms. The molecule has 1 aliphatic carbocycles. The lowest BCUT2D eigenvalue weighted by Crippen LogP contribution is -2.27. The topological polar surface area (TPSA) is 43.4 Å². The van der Waals surface area contributed by atoms with Gasteiger partial charge in [-0.3, -0.25) is 9.59 Å². The zero-order valence-electron chi connectivity index (χ0n) is 20.0. The maximum atomic E-state index is 12.3. The van der Waals surface area contributed by atoms with Gasteiger partial charge in [-0.2, -0.15) is 0 Å². The molecule has 0 amide bonds. The van der Waals surface area contributed by atoms with E-state index in [9.17, 15) is 9.59 Å². The van der Waals surface area contributed by atoms with E-state index in [1.807, 2.05) is 46.7 Å². The number of esters is 1. The van der Waals surface area contributed by atoms with E-state index in [1.54, 1.807) is 6.08 Å². The molecule has 2 unspecified atom stereocenters. The van der Waals surface area contributed by atoms with Gasteiger partial charge in [-0.1, -0.05) is 77.8 Å².